The van der Waals surface area contributed by atoms with E-state index < -0.39 is 0 Å². The first-order valence-corrected chi connectivity index (χ1v) is 8.12. The van der Waals surface area contributed by atoms with Crippen LogP contribution in [0.4, 0.5) is 5.82 Å². The van der Waals surface area contributed by atoms with Gasteiger partial charge in [-0.05, 0) is 5.56 Å². The summed E-state index contributed by atoms with van der Waals surface area (Å²) in [5.74, 6) is 3.04. The van der Waals surface area contributed by atoms with E-state index in [-0.39, 0.29) is 23.8 Å². The van der Waals surface area contributed by atoms with E-state index in [2.05, 4.69) is 16.2 Å². The van der Waals surface area contributed by atoms with Gasteiger partial charge in [-0.3, -0.25) is 9.59 Å². The summed E-state index contributed by atoms with van der Waals surface area (Å²) >= 11 is 1.30. The van der Waals surface area contributed by atoms with E-state index >= 15 is 0 Å². The Morgan fingerprint density at radius 1 is 1.39 bits per heavy atom. The van der Waals surface area contributed by atoms with Crippen molar-refractivity contribution in [3.05, 3.63) is 51.8 Å². The van der Waals surface area contributed by atoms with Crippen LogP contribution < -0.4 is 10.9 Å². The summed E-state index contributed by atoms with van der Waals surface area (Å²) in [7, 11) is 1.78. The Morgan fingerprint density at radius 2 is 2.13 bits per heavy atom. The van der Waals surface area contributed by atoms with Gasteiger partial charge in [0.15, 0.2) is 5.16 Å². The van der Waals surface area contributed by atoms with Crippen LogP contribution in [-0.2, 0) is 11.8 Å². The fourth-order valence-corrected chi connectivity index (χ4v) is 3.39. The van der Waals surface area contributed by atoms with Gasteiger partial charge < -0.3 is 9.88 Å². The lowest BCUT2D eigenvalue weighted by Gasteiger charge is -2.27. The summed E-state index contributed by atoms with van der Waals surface area (Å²) in [5.41, 5.74) is 1.15. The molecule has 0 spiro atoms. The topological polar surface area (TPSA) is 64.0 Å². The molecule has 1 aromatic carbocycles. The molecule has 0 saturated carbocycles. The van der Waals surface area contributed by atoms with Gasteiger partial charge in [0.25, 0.3) is 5.56 Å². The molecular weight excluding hydrogens is 310 g/mol. The predicted octanol–water partition coefficient (Wildman–Crippen LogP) is 1.98. The third-order valence-electron chi connectivity index (χ3n) is 3.79. The summed E-state index contributed by atoms with van der Waals surface area (Å²) < 4.78 is 1.73. The van der Waals surface area contributed by atoms with E-state index in [4.69, 9.17) is 6.42 Å². The Bertz CT molecular complexity index is 853. The highest BCUT2D eigenvalue weighted by atomic mass is 32.2. The minimum atomic E-state index is -0.313. The van der Waals surface area contributed by atoms with Crippen LogP contribution in [0.1, 0.15) is 23.5 Å². The maximum atomic E-state index is 12.5. The molecule has 116 valence electrons. The Kier molecular flexibility index (Phi) is 4.22. The molecule has 1 amide bonds. The molecule has 0 radical (unpaired) electrons. The largest absolute Gasteiger partial charge is 0.312 e. The minimum absolute atomic E-state index is 0.111. The summed E-state index contributed by atoms with van der Waals surface area (Å²) in [6.45, 7) is 0. The molecule has 0 saturated heterocycles. The molecule has 6 heteroatoms. The minimum Gasteiger partial charge on any atom is -0.312 e. The highest BCUT2D eigenvalue weighted by Gasteiger charge is 2.31. The third kappa shape index (κ3) is 2.88. The quantitative estimate of drug-likeness (QED) is 0.532. The lowest BCUT2D eigenvalue weighted by molar-refractivity contribution is -0.116. The van der Waals surface area contributed by atoms with E-state index in [1.165, 1.54) is 11.8 Å². The van der Waals surface area contributed by atoms with Crippen LogP contribution in [0.2, 0.25) is 0 Å². The first kappa shape index (κ1) is 15.4. The van der Waals surface area contributed by atoms with Crippen LogP contribution in [0.3, 0.4) is 0 Å². The van der Waals surface area contributed by atoms with Crippen molar-refractivity contribution in [3.8, 4) is 12.3 Å². The first-order chi connectivity index (χ1) is 11.1. The lowest BCUT2D eigenvalue weighted by Crippen LogP contribution is -2.33. The number of carbonyl (C=O) groups is 1. The number of carbonyl (C=O) groups excluding carboxylic acids is 1. The van der Waals surface area contributed by atoms with E-state index in [0.29, 0.717) is 22.3 Å². The van der Waals surface area contributed by atoms with E-state index in [1.54, 1.807) is 11.6 Å². The Morgan fingerprint density at radius 3 is 2.83 bits per heavy atom. The Balaban J connectivity index is 2.16. The van der Waals surface area contributed by atoms with Crippen molar-refractivity contribution >= 4 is 23.5 Å². The average Bonchev–Trinajstić information content (AvgIpc) is 2.56. The molecule has 0 aliphatic carbocycles. The van der Waals surface area contributed by atoms with E-state index in [0.717, 1.165) is 5.56 Å². The van der Waals surface area contributed by atoms with Crippen molar-refractivity contribution in [2.75, 3.05) is 11.1 Å². The lowest BCUT2D eigenvalue weighted by atomic mass is 9.87. The zero-order valence-electron chi connectivity index (χ0n) is 12.6. The van der Waals surface area contributed by atoms with Crippen LogP contribution in [0.15, 0.2) is 40.3 Å². The molecule has 0 bridgehead atoms. The molecule has 1 unspecified atom stereocenters. The van der Waals surface area contributed by atoms with Crippen molar-refractivity contribution in [2.24, 2.45) is 7.05 Å². The summed E-state index contributed by atoms with van der Waals surface area (Å²) in [6.07, 6.45) is 5.51. The molecule has 1 N–H and O–H groups in total. The molecule has 5 nitrogen and oxygen atoms in total. The summed E-state index contributed by atoms with van der Waals surface area (Å²) in [6, 6.07) is 9.55. The monoisotopic (exact) mass is 325 g/mol. The van der Waals surface area contributed by atoms with Crippen molar-refractivity contribution in [3.63, 3.8) is 0 Å². The Hall–Kier alpha value is -2.52. The second-order valence-corrected chi connectivity index (χ2v) is 6.17. The fourth-order valence-electron chi connectivity index (χ4n) is 2.74. The van der Waals surface area contributed by atoms with Gasteiger partial charge in [-0.1, -0.05) is 48.0 Å². The number of anilines is 1. The normalized spacial score (nSPS) is 16.3. The molecule has 1 aliphatic rings. The second kappa shape index (κ2) is 6.31. The van der Waals surface area contributed by atoms with Crippen LogP contribution in [0, 0.1) is 12.3 Å². The number of hydrogen-bond acceptors (Lipinski definition) is 4. The van der Waals surface area contributed by atoms with Crippen molar-refractivity contribution < 1.29 is 4.79 Å². The van der Waals surface area contributed by atoms with E-state index in [1.807, 2.05) is 30.3 Å². The molecule has 2 heterocycles. The van der Waals surface area contributed by atoms with Gasteiger partial charge in [-0.15, -0.1) is 6.42 Å². The van der Waals surface area contributed by atoms with Crippen LogP contribution in [-0.4, -0.2) is 21.2 Å². The molecule has 2 aromatic rings. The Labute approximate surface area is 138 Å². The zero-order valence-corrected chi connectivity index (χ0v) is 13.4. The van der Waals surface area contributed by atoms with Gasteiger partial charge in [0, 0.05) is 19.4 Å². The summed E-state index contributed by atoms with van der Waals surface area (Å²) in [5, 5.41) is 3.31. The number of fused-ring (bicyclic) bond motifs is 1. The van der Waals surface area contributed by atoms with Gasteiger partial charge in [0.1, 0.15) is 5.82 Å². The van der Waals surface area contributed by atoms with E-state index in [9.17, 15) is 9.59 Å². The van der Waals surface area contributed by atoms with Gasteiger partial charge in [-0.2, -0.15) is 4.98 Å². The van der Waals surface area contributed by atoms with Crippen LogP contribution in [0.5, 0.6) is 0 Å². The average molecular weight is 325 g/mol. The number of benzene rings is 1. The van der Waals surface area contributed by atoms with Gasteiger partial charge >= 0.3 is 0 Å². The molecule has 23 heavy (non-hydrogen) atoms. The zero-order chi connectivity index (χ0) is 16.4. The number of thioether (sulfide) groups is 1. The van der Waals surface area contributed by atoms with Gasteiger partial charge in [0.2, 0.25) is 5.91 Å². The molecule has 1 aromatic heterocycles. The molecule has 1 atom stereocenters. The highest BCUT2D eigenvalue weighted by Crippen LogP contribution is 2.35. The van der Waals surface area contributed by atoms with Gasteiger partial charge in [0.05, 0.1) is 11.3 Å². The van der Waals surface area contributed by atoms with Crippen molar-refractivity contribution in [1.29, 1.82) is 0 Å². The first-order valence-electron chi connectivity index (χ1n) is 7.13. The third-order valence-corrected chi connectivity index (χ3v) is 4.72. The fraction of sp³-hybridized carbons (Fsp3) is 0.235. The highest BCUT2D eigenvalue weighted by molar-refractivity contribution is 7.99. The maximum Gasteiger partial charge on any atom is 0.279 e. The summed E-state index contributed by atoms with van der Waals surface area (Å²) in [4.78, 5) is 28.8. The number of hydrogen-bond donors (Lipinski definition) is 1. The van der Waals surface area contributed by atoms with Crippen LogP contribution in [0.25, 0.3) is 0 Å². The molecule has 3 rings (SSSR count). The second-order valence-electron chi connectivity index (χ2n) is 5.23. The van der Waals surface area contributed by atoms with Crippen LogP contribution >= 0.6 is 11.8 Å². The number of rotatable bonds is 3. The number of terminal acetylenes is 1. The SMILES string of the molecule is C#CCSc1nc(=O)c2c(n1C)NC(=O)CC2c1ccccc1. The smallest absolute Gasteiger partial charge is 0.279 e. The number of nitrogens with zero attached hydrogens (tertiary/aromatic N) is 2. The standard InChI is InChI=1S/C17H15N3O2S/c1-3-9-23-17-19-16(22)14-12(11-7-5-4-6-8-11)10-13(21)18-15(14)20(17)2/h1,4-8,12H,9-10H2,2H3,(H,18,21). The molecule has 1 aliphatic heterocycles. The number of aromatic nitrogens is 2. The maximum absolute atomic E-state index is 12.5. The van der Waals surface area contributed by atoms with Gasteiger partial charge in [-0.25, -0.2) is 0 Å². The van der Waals surface area contributed by atoms with Crippen molar-refractivity contribution in [1.82, 2.24) is 9.55 Å². The molecular formula is C17H15N3O2S. The number of amides is 1. The predicted molar refractivity (Wildman–Crippen MR) is 90.6 cm³/mol. The molecule has 0 fully saturated rings. The number of nitrogens with one attached hydrogen (secondary N) is 1. The van der Waals surface area contributed by atoms with Crippen molar-refractivity contribution in [2.45, 2.75) is 17.5 Å².